The van der Waals surface area contributed by atoms with E-state index in [-0.39, 0.29) is 51.8 Å². The zero-order valence-electron chi connectivity index (χ0n) is 12.9. The molecule has 0 aromatic heterocycles. The second-order valence-corrected chi connectivity index (χ2v) is 6.25. The summed E-state index contributed by atoms with van der Waals surface area (Å²) in [7, 11) is 1.16. The van der Waals surface area contributed by atoms with Gasteiger partial charge in [0.25, 0.3) is 11.6 Å². The number of carbonyl (C=O) groups excluding carboxylic acids is 2. The Bertz CT molecular complexity index is 782. The maximum Gasteiger partial charge on any atom is 0.337 e. The van der Waals surface area contributed by atoms with Crippen LogP contribution in [-0.4, -0.2) is 53.6 Å². The quantitative estimate of drug-likeness (QED) is 0.397. The van der Waals surface area contributed by atoms with Gasteiger partial charge in [-0.05, 0) is 22.0 Å². The molecular weight excluding hydrogens is 422 g/mol. The van der Waals surface area contributed by atoms with E-state index in [0.29, 0.717) is 0 Å². The number of nitrogens with zero attached hydrogens (tertiary/aromatic N) is 2. The summed E-state index contributed by atoms with van der Waals surface area (Å²) >= 11 is 8.98. The fourth-order valence-corrected chi connectivity index (χ4v) is 3.19. The molecule has 1 amide bonds. The molecule has 0 fully saturated rings. The van der Waals surface area contributed by atoms with E-state index in [4.69, 9.17) is 16.7 Å². The molecule has 1 heterocycles. The van der Waals surface area contributed by atoms with Crippen LogP contribution in [0.5, 0.6) is 0 Å². The smallest absolute Gasteiger partial charge is 0.337 e. The van der Waals surface area contributed by atoms with Crippen LogP contribution in [0.15, 0.2) is 27.9 Å². The first kappa shape index (κ1) is 19.2. The summed E-state index contributed by atoms with van der Waals surface area (Å²) in [6.45, 7) is -0.361. The predicted molar refractivity (Wildman–Crippen MR) is 92.1 cm³/mol. The predicted octanol–water partition coefficient (Wildman–Crippen LogP) is 1.68. The van der Waals surface area contributed by atoms with Crippen molar-refractivity contribution in [2.75, 3.05) is 32.1 Å². The van der Waals surface area contributed by atoms with Gasteiger partial charge >= 0.3 is 5.97 Å². The average Bonchev–Trinajstić information content (AvgIpc) is 2.85. The SMILES string of the molecule is COC(=O)C1=C(Nc2c(Br)cc(Cl)cc2[N+](=O)[O-])C(=O)N(CCO)C1. The van der Waals surface area contributed by atoms with Crippen molar-refractivity contribution in [3.05, 3.63) is 43.0 Å². The summed E-state index contributed by atoms with van der Waals surface area (Å²) < 4.78 is 4.91. The summed E-state index contributed by atoms with van der Waals surface area (Å²) in [5, 5.41) is 23.1. The molecule has 9 nitrogen and oxygen atoms in total. The van der Waals surface area contributed by atoms with Crippen LogP contribution in [0.4, 0.5) is 11.4 Å². The number of esters is 1. The molecule has 134 valence electrons. The summed E-state index contributed by atoms with van der Waals surface area (Å²) in [4.78, 5) is 36.2. The van der Waals surface area contributed by atoms with Gasteiger partial charge < -0.3 is 20.1 Å². The van der Waals surface area contributed by atoms with Crippen molar-refractivity contribution in [3.63, 3.8) is 0 Å². The molecule has 11 heteroatoms. The number of hydrogen-bond donors (Lipinski definition) is 2. The van der Waals surface area contributed by atoms with Gasteiger partial charge in [0.15, 0.2) is 0 Å². The molecule has 1 aliphatic heterocycles. The second kappa shape index (κ2) is 7.81. The summed E-state index contributed by atoms with van der Waals surface area (Å²) in [6.07, 6.45) is 0. The highest BCUT2D eigenvalue weighted by molar-refractivity contribution is 9.10. The molecule has 2 rings (SSSR count). The summed E-state index contributed by atoms with van der Waals surface area (Å²) in [5.74, 6) is -1.32. The van der Waals surface area contributed by atoms with Gasteiger partial charge in [-0.3, -0.25) is 14.9 Å². The number of nitrogens with one attached hydrogen (secondary N) is 1. The van der Waals surface area contributed by atoms with Gasteiger partial charge in [-0.25, -0.2) is 4.79 Å². The first-order chi connectivity index (χ1) is 11.8. The normalized spacial score (nSPS) is 14.1. The van der Waals surface area contributed by atoms with Crippen molar-refractivity contribution in [2.24, 2.45) is 0 Å². The van der Waals surface area contributed by atoms with Crippen LogP contribution in [-0.2, 0) is 14.3 Å². The zero-order valence-corrected chi connectivity index (χ0v) is 15.3. The minimum absolute atomic E-state index is 0.00832. The number of halogens is 2. The molecule has 0 aliphatic carbocycles. The van der Waals surface area contributed by atoms with Crippen LogP contribution in [0, 0.1) is 10.1 Å². The lowest BCUT2D eigenvalue weighted by Crippen LogP contribution is -2.31. The Morgan fingerprint density at radius 3 is 2.80 bits per heavy atom. The van der Waals surface area contributed by atoms with Gasteiger partial charge in [0.05, 0.1) is 30.8 Å². The van der Waals surface area contributed by atoms with Crippen LogP contribution in [0.1, 0.15) is 0 Å². The number of aliphatic hydroxyl groups excluding tert-OH is 1. The van der Waals surface area contributed by atoms with Gasteiger partial charge in [0.2, 0.25) is 0 Å². The largest absolute Gasteiger partial charge is 0.466 e. The van der Waals surface area contributed by atoms with E-state index in [1.807, 2.05) is 0 Å². The number of aliphatic hydroxyl groups is 1. The number of methoxy groups -OCH3 is 1. The molecule has 1 aromatic carbocycles. The van der Waals surface area contributed by atoms with Gasteiger partial charge in [-0.15, -0.1) is 0 Å². The Hall–Kier alpha value is -2.17. The zero-order chi connectivity index (χ0) is 18.7. The number of carbonyl (C=O) groups is 2. The molecule has 0 radical (unpaired) electrons. The third-order valence-corrected chi connectivity index (χ3v) is 4.28. The number of β-amino-alcohol motifs (C(OH)–C–C–N with tert-alkyl or cyclic N) is 1. The van der Waals surface area contributed by atoms with Crippen LogP contribution in [0.3, 0.4) is 0 Å². The van der Waals surface area contributed by atoms with Crippen molar-refractivity contribution < 1.29 is 24.4 Å². The van der Waals surface area contributed by atoms with Crippen LogP contribution in [0.2, 0.25) is 5.02 Å². The van der Waals surface area contributed by atoms with E-state index < -0.39 is 16.8 Å². The standard InChI is InChI=1S/C14H13BrClN3O6/c1-25-14(22)8-6-18(2-3-20)13(21)11(8)17-12-9(15)4-7(16)5-10(12)19(23)24/h4-5,17,20H,2-3,6H2,1H3. The van der Waals surface area contributed by atoms with Crippen LogP contribution in [0.25, 0.3) is 0 Å². The fourth-order valence-electron chi connectivity index (χ4n) is 2.30. The monoisotopic (exact) mass is 433 g/mol. The van der Waals surface area contributed by atoms with E-state index in [9.17, 15) is 19.7 Å². The lowest BCUT2D eigenvalue weighted by Gasteiger charge is -2.15. The minimum atomic E-state index is -0.746. The first-order valence-electron chi connectivity index (χ1n) is 6.92. The molecule has 0 unspecified atom stereocenters. The first-order valence-corrected chi connectivity index (χ1v) is 8.09. The Morgan fingerprint density at radius 2 is 2.24 bits per heavy atom. The fraction of sp³-hybridized carbons (Fsp3) is 0.286. The molecule has 0 atom stereocenters. The number of nitro groups is 1. The van der Waals surface area contributed by atoms with Crippen molar-refractivity contribution in [1.29, 1.82) is 0 Å². The van der Waals surface area contributed by atoms with E-state index in [1.54, 1.807) is 0 Å². The van der Waals surface area contributed by atoms with Crippen LogP contribution < -0.4 is 5.32 Å². The molecular formula is C14H13BrClN3O6. The molecule has 0 saturated heterocycles. The number of rotatable bonds is 6. The van der Waals surface area contributed by atoms with E-state index in [2.05, 4.69) is 26.0 Å². The number of ether oxygens (including phenoxy) is 1. The molecule has 0 saturated carbocycles. The van der Waals surface area contributed by atoms with Crippen molar-refractivity contribution in [3.8, 4) is 0 Å². The Balaban J connectivity index is 2.51. The second-order valence-electron chi connectivity index (χ2n) is 4.96. The number of benzene rings is 1. The van der Waals surface area contributed by atoms with Crippen molar-refractivity contribution in [2.45, 2.75) is 0 Å². The third kappa shape index (κ3) is 3.91. The number of hydrogen-bond acceptors (Lipinski definition) is 7. The average molecular weight is 435 g/mol. The Labute approximate surface area is 155 Å². The molecule has 0 spiro atoms. The molecule has 0 bridgehead atoms. The molecule has 25 heavy (non-hydrogen) atoms. The van der Waals surface area contributed by atoms with Crippen molar-refractivity contribution >= 4 is 50.8 Å². The Kier molecular flexibility index (Phi) is 5.98. The highest BCUT2D eigenvalue weighted by atomic mass is 79.9. The van der Waals surface area contributed by atoms with E-state index >= 15 is 0 Å². The van der Waals surface area contributed by atoms with E-state index in [0.717, 1.165) is 13.2 Å². The summed E-state index contributed by atoms with van der Waals surface area (Å²) in [6, 6.07) is 2.54. The highest BCUT2D eigenvalue weighted by Crippen LogP contribution is 2.37. The molecule has 1 aliphatic rings. The third-order valence-electron chi connectivity index (χ3n) is 3.43. The molecule has 2 N–H and O–H groups in total. The summed E-state index contributed by atoms with van der Waals surface area (Å²) in [5.41, 5.74) is -0.530. The highest BCUT2D eigenvalue weighted by Gasteiger charge is 2.35. The maximum atomic E-state index is 12.5. The van der Waals surface area contributed by atoms with Gasteiger partial charge in [-0.1, -0.05) is 11.6 Å². The number of amides is 1. The number of anilines is 1. The lowest BCUT2D eigenvalue weighted by atomic mass is 10.2. The molecule has 1 aromatic rings. The van der Waals surface area contributed by atoms with Crippen LogP contribution >= 0.6 is 27.5 Å². The minimum Gasteiger partial charge on any atom is -0.466 e. The maximum absolute atomic E-state index is 12.5. The van der Waals surface area contributed by atoms with Gasteiger partial charge in [0, 0.05) is 22.1 Å². The van der Waals surface area contributed by atoms with Gasteiger partial charge in [0.1, 0.15) is 11.4 Å². The van der Waals surface area contributed by atoms with E-state index in [1.165, 1.54) is 11.0 Å². The topological polar surface area (TPSA) is 122 Å². The van der Waals surface area contributed by atoms with Gasteiger partial charge in [-0.2, -0.15) is 0 Å². The Morgan fingerprint density at radius 1 is 1.56 bits per heavy atom. The lowest BCUT2D eigenvalue weighted by molar-refractivity contribution is -0.384. The number of nitro benzene ring substituents is 1. The van der Waals surface area contributed by atoms with Crippen molar-refractivity contribution in [1.82, 2.24) is 4.90 Å².